The minimum atomic E-state index is 0.191. The molecule has 1 N–H and O–H groups in total. The van der Waals surface area contributed by atoms with Crippen molar-refractivity contribution in [1.29, 1.82) is 0 Å². The molecule has 0 saturated heterocycles. The van der Waals surface area contributed by atoms with Gasteiger partial charge >= 0.3 is 0 Å². The summed E-state index contributed by atoms with van der Waals surface area (Å²) in [5, 5.41) is 3.09. The van der Waals surface area contributed by atoms with Gasteiger partial charge in [0.2, 0.25) is 5.91 Å². The van der Waals surface area contributed by atoms with Crippen LogP contribution >= 0.6 is 15.9 Å². The molecule has 1 aromatic carbocycles. The number of nitrogens with one attached hydrogen (secondary N) is 1. The molecule has 2 aliphatic rings. The first-order valence-electron chi connectivity index (χ1n) is 8.62. The summed E-state index contributed by atoms with van der Waals surface area (Å²) < 4.78 is 0.993. The van der Waals surface area contributed by atoms with Gasteiger partial charge in [-0.2, -0.15) is 0 Å². The van der Waals surface area contributed by atoms with E-state index < -0.39 is 0 Å². The number of amides is 1. The molecule has 0 radical (unpaired) electrons. The zero-order chi connectivity index (χ0) is 16.1. The van der Waals surface area contributed by atoms with Gasteiger partial charge in [-0.05, 0) is 68.6 Å². The zero-order valence-corrected chi connectivity index (χ0v) is 15.0. The van der Waals surface area contributed by atoms with Crippen LogP contribution in [-0.4, -0.2) is 5.91 Å². The number of carbonyl (C=O) groups excluding carboxylic acids is 1. The molecular formula is C20H24BrNO. The molecule has 3 rings (SSSR count). The van der Waals surface area contributed by atoms with Crippen molar-refractivity contribution >= 4 is 27.5 Å². The highest BCUT2D eigenvalue weighted by molar-refractivity contribution is 9.10. The molecule has 0 aliphatic heterocycles. The summed E-state index contributed by atoms with van der Waals surface area (Å²) in [6, 6.07) is 7.83. The Morgan fingerprint density at radius 1 is 0.957 bits per heavy atom. The second-order valence-electron chi connectivity index (χ2n) is 6.53. The van der Waals surface area contributed by atoms with Gasteiger partial charge in [-0.15, -0.1) is 0 Å². The van der Waals surface area contributed by atoms with Crippen LogP contribution in [0.3, 0.4) is 0 Å². The minimum absolute atomic E-state index is 0.191. The first-order chi connectivity index (χ1) is 11.3. The largest absolute Gasteiger partial charge is 0.326 e. The van der Waals surface area contributed by atoms with Gasteiger partial charge in [-0.3, -0.25) is 4.79 Å². The molecule has 2 nitrogen and oxygen atoms in total. The molecule has 3 heteroatoms. The quantitative estimate of drug-likeness (QED) is 0.660. The molecule has 122 valence electrons. The van der Waals surface area contributed by atoms with E-state index in [-0.39, 0.29) is 11.8 Å². The fourth-order valence-corrected chi connectivity index (χ4v) is 4.05. The van der Waals surface area contributed by atoms with Crippen LogP contribution in [-0.2, 0) is 4.79 Å². The first kappa shape index (κ1) is 16.5. The van der Waals surface area contributed by atoms with Crippen LogP contribution < -0.4 is 5.32 Å². The number of halogens is 1. The van der Waals surface area contributed by atoms with E-state index >= 15 is 0 Å². The van der Waals surface area contributed by atoms with Crippen LogP contribution in [0.1, 0.15) is 38.5 Å². The predicted octanol–water partition coefficient (Wildman–Crippen LogP) is 5.72. The summed E-state index contributed by atoms with van der Waals surface area (Å²) in [6.45, 7) is 0. The lowest BCUT2D eigenvalue weighted by molar-refractivity contribution is -0.117. The Balaban J connectivity index is 1.61. The highest BCUT2D eigenvalue weighted by Crippen LogP contribution is 2.52. The highest BCUT2D eigenvalue weighted by atomic mass is 79.9. The molecule has 1 aromatic rings. The van der Waals surface area contributed by atoms with Gasteiger partial charge in [0.25, 0.3) is 0 Å². The van der Waals surface area contributed by atoms with E-state index in [1.165, 1.54) is 0 Å². The van der Waals surface area contributed by atoms with E-state index in [9.17, 15) is 4.79 Å². The summed E-state index contributed by atoms with van der Waals surface area (Å²) in [5.41, 5.74) is 0.881. The van der Waals surface area contributed by atoms with Crippen LogP contribution in [0, 0.1) is 17.8 Å². The minimum Gasteiger partial charge on any atom is -0.326 e. The fourth-order valence-electron chi connectivity index (χ4n) is 3.65. The number of hydrogen-bond acceptors (Lipinski definition) is 1. The number of anilines is 1. The lowest BCUT2D eigenvalue weighted by Gasteiger charge is -2.05. The smallest absolute Gasteiger partial charge is 0.228 e. The second kappa shape index (κ2) is 7.96. The highest BCUT2D eigenvalue weighted by Gasteiger charge is 2.52. The van der Waals surface area contributed by atoms with Crippen LogP contribution in [0.15, 0.2) is 53.0 Å². The van der Waals surface area contributed by atoms with Crippen LogP contribution in [0.4, 0.5) is 5.69 Å². The molecule has 0 spiro atoms. The Morgan fingerprint density at radius 3 is 2.17 bits per heavy atom. The average Bonchev–Trinajstić information content (AvgIpc) is 3.20. The maximum Gasteiger partial charge on any atom is 0.228 e. The molecule has 0 unspecified atom stereocenters. The van der Waals surface area contributed by atoms with Gasteiger partial charge in [0.15, 0.2) is 0 Å². The van der Waals surface area contributed by atoms with E-state index in [1.54, 1.807) is 0 Å². The Labute approximate surface area is 147 Å². The van der Waals surface area contributed by atoms with Gasteiger partial charge in [0.1, 0.15) is 0 Å². The second-order valence-corrected chi connectivity index (χ2v) is 7.44. The van der Waals surface area contributed by atoms with E-state index in [4.69, 9.17) is 0 Å². The zero-order valence-electron chi connectivity index (χ0n) is 13.4. The summed E-state index contributed by atoms with van der Waals surface area (Å²) in [7, 11) is 0. The van der Waals surface area contributed by atoms with Gasteiger partial charge < -0.3 is 5.32 Å². The summed E-state index contributed by atoms with van der Waals surface area (Å²) in [4.78, 5) is 12.6. The lowest BCUT2D eigenvalue weighted by atomic mass is 10.1. The van der Waals surface area contributed by atoms with Crippen molar-refractivity contribution in [2.24, 2.45) is 17.8 Å². The van der Waals surface area contributed by atoms with Crippen LogP contribution in [0.25, 0.3) is 0 Å². The third-order valence-electron chi connectivity index (χ3n) is 4.89. The Kier molecular flexibility index (Phi) is 5.71. The van der Waals surface area contributed by atoms with E-state index in [0.717, 1.165) is 48.7 Å². The van der Waals surface area contributed by atoms with Gasteiger partial charge in [-0.25, -0.2) is 0 Å². The van der Waals surface area contributed by atoms with Crippen LogP contribution in [0.2, 0.25) is 0 Å². The predicted molar refractivity (Wildman–Crippen MR) is 99.2 cm³/mol. The van der Waals surface area contributed by atoms with Gasteiger partial charge in [0, 0.05) is 16.1 Å². The number of fused-ring (bicyclic) bond motifs is 1. The topological polar surface area (TPSA) is 29.1 Å². The maximum atomic E-state index is 12.6. The Morgan fingerprint density at radius 2 is 1.57 bits per heavy atom. The number of benzene rings is 1. The first-order valence-corrected chi connectivity index (χ1v) is 9.41. The third-order valence-corrected chi connectivity index (χ3v) is 5.39. The van der Waals surface area contributed by atoms with Crippen molar-refractivity contribution in [3.63, 3.8) is 0 Å². The average molecular weight is 374 g/mol. The van der Waals surface area contributed by atoms with Crippen molar-refractivity contribution in [2.75, 3.05) is 5.32 Å². The van der Waals surface area contributed by atoms with Crippen LogP contribution in [0.5, 0.6) is 0 Å². The molecule has 2 atom stereocenters. The normalized spacial score (nSPS) is 27.4. The number of allylic oxidation sites excluding steroid dienone is 4. The molecular weight excluding hydrogens is 350 g/mol. The van der Waals surface area contributed by atoms with Gasteiger partial charge in [-0.1, -0.05) is 46.3 Å². The van der Waals surface area contributed by atoms with E-state index in [1.807, 2.05) is 24.3 Å². The molecule has 0 aromatic heterocycles. The number of carbonyl (C=O) groups is 1. The Bertz CT molecular complexity index is 583. The Hall–Kier alpha value is -1.35. The lowest BCUT2D eigenvalue weighted by Crippen LogP contribution is -2.15. The molecule has 0 heterocycles. The molecule has 23 heavy (non-hydrogen) atoms. The molecule has 2 aliphatic carbocycles. The van der Waals surface area contributed by atoms with E-state index in [0.29, 0.717) is 11.8 Å². The maximum absolute atomic E-state index is 12.6. The number of hydrogen-bond donors (Lipinski definition) is 1. The van der Waals surface area contributed by atoms with Crippen molar-refractivity contribution < 1.29 is 4.79 Å². The van der Waals surface area contributed by atoms with Gasteiger partial charge in [0.05, 0.1) is 0 Å². The molecule has 0 bridgehead atoms. The molecule has 1 amide bonds. The molecule has 1 saturated carbocycles. The summed E-state index contributed by atoms with van der Waals surface area (Å²) in [5.74, 6) is 1.50. The standard InChI is InChI=1S/C20H24BrNO/c21-15-10-9-11-16(14-15)22-20(23)19-17-12-7-5-3-1-2-4-6-8-13-18(17)19/h3-6,9-11,14,17-19H,1-2,7-8,12-13H2,(H,22,23)/t17-,18-,19?/m0/s1. The van der Waals surface area contributed by atoms with Crippen molar-refractivity contribution in [1.82, 2.24) is 0 Å². The van der Waals surface area contributed by atoms with Crippen molar-refractivity contribution in [3.05, 3.63) is 53.0 Å². The third kappa shape index (κ3) is 4.57. The summed E-state index contributed by atoms with van der Waals surface area (Å²) in [6.07, 6.45) is 15.9. The number of rotatable bonds is 2. The SMILES string of the molecule is O=C(Nc1cccc(Br)c1)C1[C@H]2CCC=CCCC=CCC[C@H]12. The van der Waals surface area contributed by atoms with Crippen molar-refractivity contribution in [3.8, 4) is 0 Å². The van der Waals surface area contributed by atoms with Crippen molar-refractivity contribution in [2.45, 2.75) is 38.5 Å². The molecule has 1 fully saturated rings. The monoisotopic (exact) mass is 373 g/mol. The fraction of sp³-hybridized carbons (Fsp3) is 0.450. The van der Waals surface area contributed by atoms with E-state index in [2.05, 4.69) is 45.6 Å². The summed E-state index contributed by atoms with van der Waals surface area (Å²) >= 11 is 3.45.